The largest absolute Gasteiger partial charge is 0.380 e. The van der Waals surface area contributed by atoms with Gasteiger partial charge in [0, 0.05) is 48.6 Å². The van der Waals surface area contributed by atoms with Crippen molar-refractivity contribution in [1.82, 2.24) is 30.4 Å². The maximum absolute atomic E-state index is 13.2. The third kappa shape index (κ3) is 4.70. The fourth-order valence-corrected chi connectivity index (χ4v) is 4.17. The van der Waals surface area contributed by atoms with Crippen LogP contribution in [0, 0.1) is 0 Å². The summed E-state index contributed by atoms with van der Waals surface area (Å²) in [6, 6.07) is 2.45. The number of carbonyl (C=O) groups excluding carboxylic acids is 2. The van der Waals surface area contributed by atoms with Gasteiger partial charge >= 0.3 is 0 Å². The van der Waals surface area contributed by atoms with E-state index in [1.54, 1.807) is 23.8 Å². The first kappa shape index (κ1) is 20.9. The number of hydrogen-bond acceptors (Lipinski definition) is 5. The Morgan fingerprint density at radius 3 is 2.42 bits per heavy atom. The van der Waals surface area contributed by atoms with Crippen molar-refractivity contribution < 1.29 is 9.59 Å². The Kier molecular flexibility index (Phi) is 5.92. The quantitative estimate of drug-likeness (QED) is 0.486. The molecule has 1 fully saturated rings. The highest BCUT2D eigenvalue weighted by Crippen LogP contribution is 2.29. The normalized spacial score (nSPS) is 18.8. The van der Waals surface area contributed by atoms with Gasteiger partial charge in [0.05, 0.1) is 29.2 Å². The van der Waals surface area contributed by atoms with Gasteiger partial charge in [0.2, 0.25) is 5.91 Å². The summed E-state index contributed by atoms with van der Waals surface area (Å²) >= 11 is 0. The molecule has 0 bridgehead atoms. The summed E-state index contributed by atoms with van der Waals surface area (Å²) in [6.07, 6.45) is 10.6. The summed E-state index contributed by atoms with van der Waals surface area (Å²) in [6.45, 7) is 5.63. The molecule has 0 atom stereocenters. The molecule has 1 aliphatic carbocycles. The Bertz CT molecular complexity index is 1060. The number of rotatable bonds is 6. The maximum Gasteiger partial charge on any atom is 0.255 e. The summed E-state index contributed by atoms with van der Waals surface area (Å²) in [5.74, 6) is -0.134. The molecule has 9 heteroatoms. The van der Waals surface area contributed by atoms with Crippen LogP contribution in [0.2, 0.25) is 0 Å². The molecule has 2 amide bonds. The minimum atomic E-state index is -0.132. The highest BCUT2D eigenvalue weighted by molar-refractivity contribution is 6.03. The molecule has 1 saturated carbocycles. The van der Waals surface area contributed by atoms with Crippen LogP contribution in [-0.4, -0.2) is 49.8 Å². The maximum atomic E-state index is 13.2. The molecule has 3 aromatic heterocycles. The van der Waals surface area contributed by atoms with Crippen LogP contribution in [0.1, 0.15) is 56.8 Å². The topological polar surface area (TPSA) is 116 Å². The van der Waals surface area contributed by atoms with E-state index in [-0.39, 0.29) is 29.9 Å². The number of nitrogens with zero attached hydrogens (tertiary/aromatic N) is 3. The van der Waals surface area contributed by atoms with Crippen LogP contribution < -0.4 is 16.0 Å². The van der Waals surface area contributed by atoms with Gasteiger partial charge in [-0.15, -0.1) is 0 Å². The Balaban J connectivity index is 1.56. The fourth-order valence-electron chi connectivity index (χ4n) is 4.17. The minimum Gasteiger partial charge on any atom is -0.380 e. The van der Waals surface area contributed by atoms with Crippen molar-refractivity contribution in [3.63, 3.8) is 0 Å². The molecule has 4 N–H and O–H groups in total. The lowest BCUT2D eigenvalue weighted by molar-refractivity contribution is -0.119. The molecule has 0 aliphatic heterocycles. The number of aromatic amines is 1. The van der Waals surface area contributed by atoms with Crippen LogP contribution in [0.5, 0.6) is 0 Å². The summed E-state index contributed by atoms with van der Waals surface area (Å²) in [5, 5.41) is 20.9. The van der Waals surface area contributed by atoms with Gasteiger partial charge in [0.1, 0.15) is 0 Å². The average molecular weight is 424 g/mol. The van der Waals surface area contributed by atoms with Crippen LogP contribution >= 0.6 is 0 Å². The van der Waals surface area contributed by atoms with Crippen molar-refractivity contribution in [2.75, 3.05) is 5.32 Å². The average Bonchev–Trinajstić information content (AvgIpc) is 3.38. The van der Waals surface area contributed by atoms with E-state index in [1.165, 1.54) is 0 Å². The molecule has 164 valence electrons. The number of fused-ring (bicyclic) bond motifs is 1. The third-order valence-corrected chi connectivity index (χ3v) is 5.62. The summed E-state index contributed by atoms with van der Waals surface area (Å²) < 4.78 is 1.78. The Morgan fingerprint density at radius 2 is 1.81 bits per heavy atom. The molecule has 0 unspecified atom stereocenters. The van der Waals surface area contributed by atoms with E-state index in [0.29, 0.717) is 5.56 Å². The first-order valence-corrected chi connectivity index (χ1v) is 10.8. The first-order chi connectivity index (χ1) is 14.9. The van der Waals surface area contributed by atoms with Gasteiger partial charge in [-0.25, -0.2) is 4.52 Å². The summed E-state index contributed by atoms with van der Waals surface area (Å²) in [4.78, 5) is 24.4. The van der Waals surface area contributed by atoms with Gasteiger partial charge in [0.15, 0.2) is 0 Å². The van der Waals surface area contributed by atoms with Crippen molar-refractivity contribution in [3.05, 3.63) is 36.4 Å². The standard InChI is InChI=1S/C22H29N7O2/c1-13(2)26-21-19(22(31)28-18-6-4-17(5-7-18)27-14(3)30)11-25-29-12-15(8-20(21)29)16-9-23-24-10-16/h8-13,17-18,26H,4-7H2,1-3H3,(H,23,24)(H,27,30)(H,28,31). The Hall–Kier alpha value is -3.36. The molecule has 9 nitrogen and oxygen atoms in total. The number of H-pyrrole nitrogens is 1. The first-order valence-electron chi connectivity index (χ1n) is 10.8. The van der Waals surface area contributed by atoms with Crippen LogP contribution in [0.25, 0.3) is 16.6 Å². The molecule has 1 aliphatic rings. The van der Waals surface area contributed by atoms with Gasteiger partial charge in [-0.2, -0.15) is 10.2 Å². The molecule has 0 radical (unpaired) electrons. The number of amides is 2. The molecule has 0 saturated heterocycles. The lowest BCUT2D eigenvalue weighted by Gasteiger charge is -2.29. The predicted octanol–water partition coefficient (Wildman–Crippen LogP) is 2.72. The summed E-state index contributed by atoms with van der Waals surface area (Å²) in [7, 11) is 0. The van der Waals surface area contributed by atoms with Crippen molar-refractivity contribution in [3.8, 4) is 11.1 Å². The van der Waals surface area contributed by atoms with Crippen LogP contribution in [0.15, 0.2) is 30.9 Å². The number of nitrogens with one attached hydrogen (secondary N) is 4. The van der Waals surface area contributed by atoms with Crippen molar-refractivity contribution in [1.29, 1.82) is 0 Å². The smallest absolute Gasteiger partial charge is 0.255 e. The highest BCUT2D eigenvalue weighted by atomic mass is 16.2. The molecule has 3 heterocycles. The molecular formula is C22H29N7O2. The number of hydrogen-bond donors (Lipinski definition) is 4. The fraction of sp³-hybridized carbons (Fsp3) is 0.455. The van der Waals surface area contributed by atoms with E-state index in [0.717, 1.165) is 48.0 Å². The van der Waals surface area contributed by atoms with Crippen molar-refractivity contribution in [2.24, 2.45) is 0 Å². The Morgan fingerprint density at radius 1 is 1.10 bits per heavy atom. The zero-order chi connectivity index (χ0) is 22.0. The van der Waals surface area contributed by atoms with Gasteiger partial charge in [-0.05, 0) is 45.6 Å². The second-order valence-electron chi connectivity index (χ2n) is 8.50. The SMILES string of the molecule is CC(=O)NC1CCC(NC(=O)c2cnn3cc(-c4cn[nH]c4)cc3c2NC(C)C)CC1. The van der Waals surface area contributed by atoms with E-state index in [1.807, 2.05) is 32.3 Å². The van der Waals surface area contributed by atoms with Gasteiger partial charge in [-0.1, -0.05) is 0 Å². The molecule has 0 spiro atoms. The molecule has 0 aromatic carbocycles. The minimum absolute atomic E-state index is 0.00162. The number of anilines is 1. The second kappa shape index (κ2) is 8.79. The van der Waals surface area contributed by atoms with Crippen LogP contribution in [0.3, 0.4) is 0 Å². The van der Waals surface area contributed by atoms with Gasteiger partial charge in [0.25, 0.3) is 5.91 Å². The number of aromatic nitrogens is 4. The van der Waals surface area contributed by atoms with Gasteiger partial charge < -0.3 is 16.0 Å². The zero-order valence-electron chi connectivity index (χ0n) is 18.1. The van der Waals surface area contributed by atoms with E-state index in [9.17, 15) is 9.59 Å². The van der Waals surface area contributed by atoms with Crippen LogP contribution in [0.4, 0.5) is 5.69 Å². The van der Waals surface area contributed by atoms with Crippen molar-refractivity contribution in [2.45, 2.75) is 64.6 Å². The van der Waals surface area contributed by atoms with E-state index in [2.05, 4.69) is 31.2 Å². The second-order valence-corrected chi connectivity index (χ2v) is 8.50. The lowest BCUT2D eigenvalue weighted by atomic mass is 9.91. The molecule has 31 heavy (non-hydrogen) atoms. The highest BCUT2D eigenvalue weighted by Gasteiger charge is 2.25. The van der Waals surface area contributed by atoms with Crippen LogP contribution in [-0.2, 0) is 4.79 Å². The molecule has 4 rings (SSSR count). The van der Waals surface area contributed by atoms with Gasteiger partial charge in [-0.3, -0.25) is 14.7 Å². The molecule has 3 aromatic rings. The third-order valence-electron chi connectivity index (χ3n) is 5.62. The zero-order valence-corrected chi connectivity index (χ0v) is 18.1. The van der Waals surface area contributed by atoms with E-state index < -0.39 is 0 Å². The van der Waals surface area contributed by atoms with Crippen molar-refractivity contribution >= 4 is 23.0 Å². The molecular weight excluding hydrogens is 394 g/mol. The Labute approximate surface area is 181 Å². The van der Waals surface area contributed by atoms with E-state index >= 15 is 0 Å². The summed E-state index contributed by atoms with van der Waals surface area (Å²) in [5.41, 5.74) is 4.07. The van der Waals surface area contributed by atoms with E-state index in [4.69, 9.17) is 0 Å². The number of carbonyl (C=O) groups is 2. The lowest BCUT2D eigenvalue weighted by Crippen LogP contribution is -2.43. The monoisotopic (exact) mass is 423 g/mol. The predicted molar refractivity (Wildman–Crippen MR) is 119 cm³/mol.